The number of H-pyrrole nitrogens is 1. The highest BCUT2D eigenvalue weighted by atomic mass is 16.2. The fraction of sp³-hybridized carbons (Fsp3) is 0.500. The minimum atomic E-state index is -0.572. The van der Waals surface area contributed by atoms with Crippen LogP contribution >= 0.6 is 0 Å². The van der Waals surface area contributed by atoms with Crippen LogP contribution in [-0.4, -0.2) is 27.8 Å². The van der Waals surface area contributed by atoms with Crippen LogP contribution in [0.4, 0.5) is 5.69 Å². The number of carbonyl (C=O) groups is 2. The van der Waals surface area contributed by atoms with Gasteiger partial charge in [0, 0.05) is 18.5 Å². The Morgan fingerprint density at radius 3 is 2.71 bits per heavy atom. The number of hydrogen-bond acceptors (Lipinski definition) is 3. The van der Waals surface area contributed by atoms with Crippen molar-refractivity contribution in [1.29, 1.82) is 0 Å². The summed E-state index contributed by atoms with van der Waals surface area (Å²) in [5, 5.41) is 5.40. The molecule has 0 radical (unpaired) electrons. The fourth-order valence-corrected chi connectivity index (χ4v) is 3.30. The summed E-state index contributed by atoms with van der Waals surface area (Å²) >= 11 is 0. The molecule has 0 aliphatic heterocycles. The van der Waals surface area contributed by atoms with Crippen molar-refractivity contribution in [2.45, 2.75) is 57.9 Å². The number of nitrogens with zero attached hydrogens (tertiary/aromatic N) is 1. The van der Waals surface area contributed by atoms with Crippen LogP contribution in [0.1, 0.15) is 57.7 Å². The van der Waals surface area contributed by atoms with Gasteiger partial charge in [-0.25, -0.2) is 4.98 Å². The van der Waals surface area contributed by atoms with E-state index in [2.05, 4.69) is 15.6 Å². The summed E-state index contributed by atoms with van der Waals surface area (Å²) in [7, 11) is 0. The van der Waals surface area contributed by atoms with Gasteiger partial charge in [0.15, 0.2) is 0 Å². The van der Waals surface area contributed by atoms with Gasteiger partial charge in [-0.1, -0.05) is 19.3 Å². The Kier molecular flexibility index (Phi) is 4.83. The van der Waals surface area contributed by atoms with E-state index in [-0.39, 0.29) is 11.8 Å². The molecule has 1 aromatic heterocycles. The van der Waals surface area contributed by atoms with Crippen LogP contribution in [-0.2, 0) is 9.59 Å². The molecule has 1 aliphatic rings. The van der Waals surface area contributed by atoms with Crippen molar-refractivity contribution < 1.29 is 9.59 Å². The normalized spacial score (nSPS) is 16.8. The molecule has 128 valence electrons. The Hall–Kier alpha value is -2.37. The molecule has 0 unspecified atom stereocenters. The van der Waals surface area contributed by atoms with Crippen LogP contribution in [0.5, 0.6) is 0 Å². The summed E-state index contributed by atoms with van der Waals surface area (Å²) in [5.74, 6) is 1.11. The lowest BCUT2D eigenvalue weighted by Crippen LogP contribution is -2.40. The van der Waals surface area contributed by atoms with E-state index in [0.717, 1.165) is 16.9 Å². The summed E-state index contributed by atoms with van der Waals surface area (Å²) in [4.78, 5) is 31.2. The van der Waals surface area contributed by atoms with E-state index < -0.39 is 6.04 Å². The van der Waals surface area contributed by atoms with E-state index in [0.29, 0.717) is 11.6 Å². The second-order valence-corrected chi connectivity index (χ2v) is 6.60. The van der Waals surface area contributed by atoms with Crippen LogP contribution in [0, 0.1) is 0 Å². The highest BCUT2D eigenvalue weighted by Gasteiger charge is 2.19. The predicted molar refractivity (Wildman–Crippen MR) is 93.8 cm³/mol. The SMILES string of the molecule is CC(=O)N[C@H](C)C(=O)Nc1ccc2nc(C3CCCCC3)[nH]c2c1. The van der Waals surface area contributed by atoms with Crippen LogP contribution in [0.15, 0.2) is 18.2 Å². The minimum Gasteiger partial charge on any atom is -0.345 e. The summed E-state index contributed by atoms with van der Waals surface area (Å²) < 4.78 is 0. The topological polar surface area (TPSA) is 86.9 Å². The minimum absolute atomic E-state index is 0.223. The first-order chi connectivity index (χ1) is 11.5. The van der Waals surface area contributed by atoms with Crippen molar-refractivity contribution in [3.63, 3.8) is 0 Å². The highest BCUT2D eigenvalue weighted by Crippen LogP contribution is 2.32. The van der Waals surface area contributed by atoms with E-state index in [1.807, 2.05) is 18.2 Å². The number of imidazole rings is 1. The van der Waals surface area contributed by atoms with Gasteiger partial charge in [0.2, 0.25) is 11.8 Å². The van der Waals surface area contributed by atoms with Gasteiger partial charge in [-0.2, -0.15) is 0 Å². The number of carbonyl (C=O) groups excluding carboxylic acids is 2. The van der Waals surface area contributed by atoms with Crippen LogP contribution < -0.4 is 10.6 Å². The number of rotatable bonds is 4. The quantitative estimate of drug-likeness (QED) is 0.806. The Morgan fingerprint density at radius 2 is 2.00 bits per heavy atom. The van der Waals surface area contributed by atoms with Gasteiger partial charge in [0.25, 0.3) is 0 Å². The first-order valence-corrected chi connectivity index (χ1v) is 8.60. The van der Waals surface area contributed by atoms with Gasteiger partial charge in [0.1, 0.15) is 11.9 Å². The Morgan fingerprint density at radius 1 is 1.25 bits per heavy atom. The van der Waals surface area contributed by atoms with Crippen molar-refractivity contribution in [3.05, 3.63) is 24.0 Å². The lowest BCUT2D eigenvalue weighted by molar-refractivity contribution is -0.124. The molecule has 0 saturated heterocycles. The lowest BCUT2D eigenvalue weighted by atomic mass is 9.89. The van der Waals surface area contributed by atoms with Crippen molar-refractivity contribution in [3.8, 4) is 0 Å². The summed E-state index contributed by atoms with van der Waals surface area (Å²) in [5.41, 5.74) is 2.55. The number of benzene rings is 1. The number of fused-ring (bicyclic) bond motifs is 1. The van der Waals surface area contributed by atoms with Crippen molar-refractivity contribution in [2.75, 3.05) is 5.32 Å². The average Bonchev–Trinajstić information content (AvgIpc) is 2.98. The molecular weight excluding hydrogens is 304 g/mol. The maximum Gasteiger partial charge on any atom is 0.246 e. The molecule has 0 bridgehead atoms. The maximum atomic E-state index is 12.1. The molecule has 24 heavy (non-hydrogen) atoms. The molecule has 1 fully saturated rings. The molecular formula is C18H24N4O2. The Labute approximate surface area is 141 Å². The fourth-order valence-electron chi connectivity index (χ4n) is 3.30. The molecule has 3 rings (SSSR count). The first kappa shape index (κ1) is 16.5. The van der Waals surface area contributed by atoms with E-state index in [9.17, 15) is 9.59 Å². The van der Waals surface area contributed by atoms with E-state index >= 15 is 0 Å². The summed E-state index contributed by atoms with van der Waals surface area (Å²) in [6, 6.07) is 5.08. The molecule has 0 spiro atoms. The zero-order valence-corrected chi connectivity index (χ0v) is 14.2. The second kappa shape index (κ2) is 7.03. The molecule has 2 aromatic rings. The van der Waals surface area contributed by atoms with Gasteiger partial charge >= 0.3 is 0 Å². The molecule has 1 heterocycles. The predicted octanol–water partition coefficient (Wildman–Crippen LogP) is 3.07. The highest BCUT2D eigenvalue weighted by molar-refractivity contribution is 5.97. The number of hydrogen-bond donors (Lipinski definition) is 3. The number of nitrogens with one attached hydrogen (secondary N) is 3. The number of amides is 2. The zero-order valence-electron chi connectivity index (χ0n) is 14.2. The Bertz CT molecular complexity index is 747. The van der Waals surface area contributed by atoms with Gasteiger partial charge in [-0.3, -0.25) is 9.59 Å². The molecule has 6 nitrogen and oxygen atoms in total. The zero-order chi connectivity index (χ0) is 17.1. The molecule has 1 saturated carbocycles. The number of aromatic amines is 1. The van der Waals surface area contributed by atoms with Gasteiger partial charge in [-0.15, -0.1) is 0 Å². The number of aromatic nitrogens is 2. The van der Waals surface area contributed by atoms with Crippen molar-refractivity contribution in [1.82, 2.24) is 15.3 Å². The first-order valence-electron chi connectivity index (χ1n) is 8.60. The maximum absolute atomic E-state index is 12.1. The Balaban J connectivity index is 1.73. The number of anilines is 1. The van der Waals surface area contributed by atoms with Crippen LogP contribution in [0.3, 0.4) is 0 Å². The third-order valence-electron chi connectivity index (χ3n) is 4.57. The molecule has 2 amide bonds. The van der Waals surface area contributed by atoms with Gasteiger partial charge in [0.05, 0.1) is 11.0 Å². The van der Waals surface area contributed by atoms with Crippen LogP contribution in [0.25, 0.3) is 11.0 Å². The molecule has 1 aromatic carbocycles. The molecule has 3 N–H and O–H groups in total. The van der Waals surface area contributed by atoms with Crippen molar-refractivity contribution >= 4 is 28.5 Å². The largest absolute Gasteiger partial charge is 0.345 e. The third kappa shape index (κ3) is 3.75. The van der Waals surface area contributed by atoms with Gasteiger partial charge < -0.3 is 15.6 Å². The van der Waals surface area contributed by atoms with E-state index in [1.54, 1.807) is 6.92 Å². The smallest absolute Gasteiger partial charge is 0.246 e. The standard InChI is InChI=1S/C18H24N4O2/c1-11(19-12(2)23)18(24)20-14-8-9-15-16(10-14)22-17(21-15)13-6-4-3-5-7-13/h8-11,13H,3-7H2,1-2H3,(H,19,23)(H,20,24)(H,21,22)/t11-/m1/s1. The summed E-state index contributed by atoms with van der Waals surface area (Å²) in [6.45, 7) is 3.06. The van der Waals surface area contributed by atoms with Crippen LogP contribution in [0.2, 0.25) is 0 Å². The molecule has 6 heteroatoms. The third-order valence-corrected chi connectivity index (χ3v) is 4.57. The van der Waals surface area contributed by atoms with Gasteiger partial charge in [-0.05, 0) is 38.0 Å². The molecule has 1 atom stereocenters. The second-order valence-electron chi connectivity index (χ2n) is 6.60. The lowest BCUT2D eigenvalue weighted by Gasteiger charge is -2.18. The van der Waals surface area contributed by atoms with E-state index in [1.165, 1.54) is 39.0 Å². The van der Waals surface area contributed by atoms with E-state index in [4.69, 9.17) is 4.98 Å². The summed E-state index contributed by atoms with van der Waals surface area (Å²) in [6.07, 6.45) is 6.24. The monoisotopic (exact) mass is 328 g/mol. The van der Waals surface area contributed by atoms with Crippen molar-refractivity contribution in [2.24, 2.45) is 0 Å². The molecule has 1 aliphatic carbocycles. The average molecular weight is 328 g/mol.